The van der Waals surface area contributed by atoms with E-state index in [1.54, 1.807) is 25.3 Å². The predicted molar refractivity (Wildman–Crippen MR) is 116 cm³/mol. The first-order chi connectivity index (χ1) is 13.9. The van der Waals surface area contributed by atoms with Gasteiger partial charge in [-0.25, -0.2) is 0 Å². The molecule has 0 aliphatic heterocycles. The molecule has 2 aromatic carbocycles. The van der Waals surface area contributed by atoms with E-state index in [9.17, 15) is 4.79 Å². The van der Waals surface area contributed by atoms with Crippen molar-refractivity contribution in [2.24, 2.45) is 0 Å². The quantitative estimate of drug-likeness (QED) is 0.595. The summed E-state index contributed by atoms with van der Waals surface area (Å²) in [4.78, 5) is 12.5. The molecule has 0 fully saturated rings. The number of amides is 1. The minimum atomic E-state index is -0.0879. The highest BCUT2D eigenvalue weighted by Crippen LogP contribution is 2.25. The van der Waals surface area contributed by atoms with Gasteiger partial charge in [0.15, 0.2) is 0 Å². The van der Waals surface area contributed by atoms with E-state index >= 15 is 0 Å². The molecule has 1 aromatic heterocycles. The van der Waals surface area contributed by atoms with Gasteiger partial charge in [0.2, 0.25) is 5.91 Å². The number of nitrogens with zero attached hydrogens (tertiary/aromatic N) is 2. The fourth-order valence-electron chi connectivity index (χ4n) is 3.34. The largest absolute Gasteiger partial charge is 0.497 e. The molecule has 6 nitrogen and oxygen atoms in total. The van der Waals surface area contributed by atoms with Gasteiger partial charge in [0.1, 0.15) is 5.75 Å². The lowest BCUT2D eigenvalue weighted by Gasteiger charge is -2.10. The standard InChI is InChI=1S/C23H28N4O2/c1-15-5-7-18(8-6-15)14-27-17(3)20(16(2)26-27)10-12-23(28)25-22-13-19(29-4)9-11-21(22)24/h5-9,11,13H,10,12,14,24H2,1-4H3,(H,25,28). The van der Waals surface area contributed by atoms with Crippen LogP contribution in [0.25, 0.3) is 0 Å². The van der Waals surface area contributed by atoms with Crippen molar-refractivity contribution < 1.29 is 9.53 Å². The number of benzene rings is 2. The van der Waals surface area contributed by atoms with Gasteiger partial charge < -0.3 is 15.8 Å². The maximum atomic E-state index is 12.5. The fourth-order valence-corrected chi connectivity index (χ4v) is 3.34. The highest BCUT2D eigenvalue weighted by atomic mass is 16.5. The molecule has 6 heteroatoms. The van der Waals surface area contributed by atoms with Gasteiger partial charge in [0.25, 0.3) is 0 Å². The number of hydrogen-bond acceptors (Lipinski definition) is 4. The molecule has 0 atom stereocenters. The van der Waals surface area contributed by atoms with Crippen molar-refractivity contribution in [3.8, 4) is 5.75 Å². The minimum Gasteiger partial charge on any atom is -0.497 e. The normalized spacial score (nSPS) is 10.8. The zero-order valence-corrected chi connectivity index (χ0v) is 17.5. The van der Waals surface area contributed by atoms with E-state index in [1.165, 1.54) is 11.1 Å². The number of rotatable bonds is 7. The Kier molecular flexibility index (Phi) is 6.22. The Hall–Kier alpha value is -3.28. The van der Waals surface area contributed by atoms with E-state index in [-0.39, 0.29) is 5.91 Å². The molecule has 0 bridgehead atoms. The number of aromatic nitrogens is 2. The summed E-state index contributed by atoms with van der Waals surface area (Å²) in [5.41, 5.74) is 12.7. The molecular formula is C23H28N4O2. The molecule has 0 unspecified atom stereocenters. The van der Waals surface area contributed by atoms with Crippen LogP contribution in [0.2, 0.25) is 0 Å². The Labute approximate surface area is 171 Å². The third-order valence-corrected chi connectivity index (χ3v) is 5.12. The van der Waals surface area contributed by atoms with Crippen LogP contribution in [0.4, 0.5) is 11.4 Å². The van der Waals surface area contributed by atoms with Crippen LogP contribution in [-0.2, 0) is 17.8 Å². The molecular weight excluding hydrogens is 364 g/mol. The predicted octanol–water partition coefficient (Wildman–Crippen LogP) is 4.02. The number of nitrogens with one attached hydrogen (secondary N) is 1. The van der Waals surface area contributed by atoms with E-state index in [4.69, 9.17) is 10.5 Å². The van der Waals surface area contributed by atoms with Crippen LogP contribution in [0.5, 0.6) is 5.75 Å². The monoisotopic (exact) mass is 392 g/mol. The van der Waals surface area contributed by atoms with Crippen LogP contribution in [0.1, 0.15) is 34.5 Å². The molecule has 29 heavy (non-hydrogen) atoms. The lowest BCUT2D eigenvalue weighted by atomic mass is 10.1. The fraction of sp³-hybridized carbons (Fsp3) is 0.304. The lowest BCUT2D eigenvalue weighted by Crippen LogP contribution is -2.14. The average Bonchev–Trinajstić information content (AvgIpc) is 2.96. The van der Waals surface area contributed by atoms with Gasteiger partial charge in [-0.05, 0) is 50.5 Å². The Balaban J connectivity index is 1.65. The molecule has 1 heterocycles. The van der Waals surface area contributed by atoms with Crippen molar-refractivity contribution >= 4 is 17.3 Å². The van der Waals surface area contributed by atoms with Gasteiger partial charge in [-0.15, -0.1) is 0 Å². The summed E-state index contributed by atoms with van der Waals surface area (Å²) in [6.07, 6.45) is 0.982. The summed E-state index contributed by atoms with van der Waals surface area (Å²) in [6, 6.07) is 13.7. The van der Waals surface area contributed by atoms with Gasteiger partial charge in [0, 0.05) is 18.2 Å². The van der Waals surface area contributed by atoms with E-state index in [2.05, 4.69) is 48.5 Å². The van der Waals surface area contributed by atoms with Gasteiger partial charge in [0.05, 0.1) is 30.7 Å². The van der Waals surface area contributed by atoms with Crippen LogP contribution in [0, 0.1) is 20.8 Å². The molecule has 0 saturated heterocycles. The van der Waals surface area contributed by atoms with Crippen LogP contribution in [0.15, 0.2) is 42.5 Å². The molecule has 3 aromatic rings. The maximum absolute atomic E-state index is 12.5. The summed E-state index contributed by atoms with van der Waals surface area (Å²) < 4.78 is 7.20. The number of aryl methyl sites for hydroxylation is 2. The number of methoxy groups -OCH3 is 1. The summed E-state index contributed by atoms with van der Waals surface area (Å²) in [7, 11) is 1.58. The van der Waals surface area contributed by atoms with Crippen molar-refractivity contribution in [2.45, 2.75) is 40.2 Å². The van der Waals surface area contributed by atoms with Crippen molar-refractivity contribution in [3.63, 3.8) is 0 Å². The maximum Gasteiger partial charge on any atom is 0.224 e. The second kappa shape index (κ2) is 8.82. The van der Waals surface area contributed by atoms with Crippen LogP contribution in [-0.4, -0.2) is 22.8 Å². The Morgan fingerprint density at radius 1 is 1.14 bits per heavy atom. The van der Waals surface area contributed by atoms with Crippen LogP contribution < -0.4 is 15.8 Å². The first-order valence-corrected chi connectivity index (χ1v) is 9.69. The highest BCUT2D eigenvalue weighted by molar-refractivity contribution is 5.94. The summed E-state index contributed by atoms with van der Waals surface area (Å²) in [6.45, 7) is 6.85. The smallest absolute Gasteiger partial charge is 0.224 e. The molecule has 3 rings (SSSR count). The Morgan fingerprint density at radius 2 is 1.86 bits per heavy atom. The molecule has 152 valence electrons. The lowest BCUT2D eigenvalue weighted by molar-refractivity contribution is -0.116. The van der Waals surface area contributed by atoms with Gasteiger partial charge >= 0.3 is 0 Å². The number of hydrogen-bond donors (Lipinski definition) is 2. The zero-order chi connectivity index (χ0) is 21.0. The SMILES string of the molecule is COc1ccc(N)c(NC(=O)CCc2c(C)nn(Cc3ccc(C)cc3)c2C)c1. The number of carbonyl (C=O) groups excluding carboxylic acids is 1. The third kappa shape index (κ3) is 4.96. The molecule has 0 saturated carbocycles. The molecule has 0 radical (unpaired) electrons. The Bertz CT molecular complexity index is 1010. The Morgan fingerprint density at radius 3 is 2.55 bits per heavy atom. The number of carbonyl (C=O) groups is 1. The second-order valence-corrected chi connectivity index (χ2v) is 7.29. The van der Waals surface area contributed by atoms with E-state index in [1.807, 2.05) is 11.6 Å². The third-order valence-electron chi connectivity index (χ3n) is 5.12. The second-order valence-electron chi connectivity index (χ2n) is 7.29. The first kappa shape index (κ1) is 20.5. The van der Waals surface area contributed by atoms with Gasteiger partial charge in [-0.1, -0.05) is 29.8 Å². The van der Waals surface area contributed by atoms with Crippen molar-refractivity contribution in [1.29, 1.82) is 0 Å². The molecule has 0 aliphatic rings. The molecule has 0 spiro atoms. The van der Waals surface area contributed by atoms with Crippen molar-refractivity contribution in [2.75, 3.05) is 18.2 Å². The van der Waals surface area contributed by atoms with E-state index in [0.29, 0.717) is 30.0 Å². The average molecular weight is 393 g/mol. The van der Waals surface area contributed by atoms with E-state index in [0.717, 1.165) is 23.5 Å². The number of ether oxygens (including phenoxy) is 1. The van der Waals surface area contributed by atoms with Gasteiger partial charge in [-0.2, -0.15) is 5.10 Å². The molecule has 3 N–H and O–H groups in total. The van der Waals surface area contributed by atoms with Crippen molar-refractivity contribution in [3.05, 3.63) is 70.5 Å². The molecule has 0 aliphatic carbocycles. The highest BCUT2D eigenvalue weighted by Gasteiger charge is 2.14. The topological polar surface area (TPSA) is 82.2 Å². The summed E-state index contributed by atoms with van der Waals surface area (Å²) >= 11 is 0. The van der Waals surface area contributed by atoms with Crippen LogP contribution in [0.3, 0.4) is 0 Å². The molecule has 1 amide bonds. The first-order valence-electron chi connectivity index (χ1n) is 9.69. The minimum absolute atomic E-state index is 0.0879. The number of nitrogens with two attached hydrogens (primary N) is 1. The van der Waals surface area contributed by atoms with Crippen LogP contribution >= 0.6 is 0 Å². The zero-order valence-electron chi connectivity index (χ0n) is 17.5. The summed E-state index contributed by atoms with van der Waals surface area (Å²) in [5.74, 6) is 0.564. The van der Waals surface area contributed by atoms with Crippen molar-refractivity contribution in [1.82, 2.24) is 9.78 Å². The van der Waals surface area contributed by atoms with Gasteiger partial charge in [-0.3, -0.25) is 9.48 Å². The van der Waals surface area contributed by atoms with E-state index < -0.39 is 0 Å². The number of anilines is 2. The number of nitrogen functional groups attached to an aromatic ring is 1. The summed E-state index contributed by atoms with van der Waals surface area (Å²) in [5, 5.41) is 7.55.